The summed E-state index contributed by atoms with van der Waals surface area (Å²) in [5.74, 6) is -0.341. The fraction of sp³-hybridized carbons (Fsp3) is 0.333. The standard InChI is InChI=1S/C12H14BrN3OS/c1-12(2,6-10(14)17)16-9-5-7(13)3-4-8(9)15-11(16)18/h3-5H,6H2,1-2H3,(H2,14,17)(H,15,18). The van der Waals surface area contributed by atoms with Gasteiger partial charge in [-0.2, -0.15) is 0 Å². The van der Waals surface area contributed by atoms with Gasteiger partial charge in [0.2, 0.25) is 5.91 Å². The molecule has 3 N–H and O–H groups in total. The molecule has 6 heteroatoms. The number of carbonyl (C=O) groups is 1. The van der Waals surface area contributed by atoms with Gasteiger partial charge in [0.05, 0.1) is 16.6 Å². The van der Waals surface area contributed by atoms with Crippen LogP contribution in [-0.4, -0.2) is 15.5 Å². The molecule has 96 valence electrons. The number of aromatic nitrogens is 2. The number of H-pyrrole nitrogens is 1. The number of primary amides is 1. The molecule has 0 unspecified atom stereocenters. The highest BCUT2D eigenvalue weighted by atomic mass is 79.9. The molecule has 0 saturated carbocycles. The van der Waals surface area contributed by atoms with Gasteiger partial charge in [-0.15, -0.1) is 0 Å². The summed E-state index contributed by atoms with van der Waals surface area (Å²) >= 11 is 8.78. The predicted octanol–water partition coefficient (Wildman–Crippen LogP) is 3.07. The number of fused-ring (bicyclic) bond motifs is 1. The highest BCUT2D eigenvalue weighted by Crippen LogP contribution is 2.28. The zero-order chi connectivity index (χ0) is 13.5. The summed E-state index contributed by atoms with van der Waals surface area (Å²) in [5, 5.41) is 0. The van der Waals surface area contributed by atoms with Crippen LogP contribution in [-0.2, 0) is 10.3 Å². The molecule has 0 bridgehead atoms. The third-order valence-electron chi connectivity index (χ3n) is 2.86. The van der Waals surface area contributed by atoms with Gasteiger partial charge in [-0.05, 0) is 44.3 Å². The van der Waals surface area contributed by atoms with Crippen LogP contribution in [0.2, 0.25) is 0 Å². The summed E-state index contributed by atoms with van der Waals surface area (Å²) in [6, 6.07) is 5.87. The topological polar surface area (TPSA) is 63.8 Å². The maximum absolute atomic E-state index is 11.2. The average Bonchev–Trinajstić information content (AvgIpc) is 2.51. The smallest absolute Gasteiger partial charge is 0.219 e. The lowest BCUT2D eigenvalue weighted by Crippen LogP contribution is -2.32. The number of amides is 1. The highest BCUT2D eigenvalue weighted by molar-refractivity contribution is 9.10. The normalized spacial score (nSPS) is 11.9. The van der Waals surface area contributed by atoms with Crippen LogP contribution in [0.5, 0.6) is 0 Å². The fourth-order valence-corrected chi connectivity index (χ4v) is 2.99. The Kier molecular flexibility index (Phi) is 3.33. The third-order valence-corrected chi connectivity index (χ3v) is 3.64. The lowest BCUT2D eigenvalue weighted by Gasteiger charge is -2.26. The first-order chi connectivity index (χ1) is 8.31. The van der Waals surface area contributed by atoms with Gasteiger partial charge >= 0.3 is 0 Å². The second kappa shape index (κ2) is 4.51. The minimum absolute atomic E-state index is 0.237. The Morgan fingerprint density at radius 1 is 1.56 bits per heavy atom. The van der Waals surface area contributed by atoms with Gasteiger partial charge < -0.3 is 15.3 Å². The Bertz CT molecular complexity index is 672. The van der Waals surface area contributed by atoms with E-state index in [1.807, 2.05) is 36.6 Å². The van der Waals surface area contributed by atoms with Crippen molar-refractivity contribution >= 4 is 45.1 Å². The number of nitrogens with two attached hydrogens (primary N) is 1. The van der Waals surface area contributed by atoms with Crippen molar-refractivity contribution in [3.8, 4) is 0 Å². The Labute approximate surface area is 118 Å². The minimum Gasteiger partial charge on any atom is -0.370 e. The number of aromatic amines is 1. The Balaban J connectivity index is 2.70. The van der Waals surface area contributed by atoms with Gasteiger partial charge in [0.1, 0.15) is 0 Å². The fourth-order valence-electron chi connectivity index (χ4n) is 2.18. The summed E-state index contributed by atoms with van der Waals surface area (Å²) in [6.07, 6.45) is 0.237. The second-order valence-electron chi connectivity index (χ2n) is 4.88. The van der Waals surface area contributed by atoms with Crippen molar-refractivity contribution in [3.05, 3.63) is 27.4 Å². The van der Waals surface area contributed by atoms with Crippen molar-refractivity contribution < 1.29 is 4.79 Å². The third kappa shape index (κ3) is 2.35. The molecule has 1 heterocycles. The Hall–Kier alpha value is -1.14. The average molecular weight is 328 g/mol. The number of hydrogen-bond acceptors (Lipinski definition) is 2. The van der Waals surface area contributed by atoms with Crippen molar-refractivity contribution in [1.29, 1.82) is 0 Å². The number of nitrogens with one attached hydrogen (secondary N) is 1. The molecular weight excluding hydrogens is 314 g/mol. The molecule has 2 rings (SSSR count). The van der Waals surface area contributed by atoms with E-state index in [0.29, 0.717) is 4.77 Å². The van der Waals surface area contributed by atoms with Crippen LogP contribution in [0.25, 0.3) is 11.0 Å². The van der Waals surface area contributed by atoms with Crippen LogP contribution in [0.1, 0.15) is 20.3 Å². The van der Waals surface area contributed by atoms with E-state index in [1.54, 1.807) is 0 Å². The number of imidazole rings is 1. The molecule has 1 aromatic heterocycles. The summed E-state index contributed by atoms with van der Waals surface area (Å²) in [6.45, 7) is 3.89. The molecular formula is C12H14BrN3OS. The van der Waals surface area contributed by atoms with Crippen LogP contribution in [0.4, 0.5) is 0 Å². The molecule has 0 radical (unpaired) electrons. The first-order valence-corrected chi connectivity index (χ1v) is 6.70. The summed E-state index contributed by atoms with van der Waals surface area (Å²) in [4.78, 5) is 14.3. The van der Waals surface area contributed by atoms with Crippen molar-refractivity contribution in [2.45, 2.75) is 25.8 Å². The number of benzene rings is 1. The van der Waals surface area contributed by atoms with E-state index in [0.717, 1.165) is 15.5 Å². The molecule has 1 amide bonds. The number of rotatable bonds is 3. The van der Waals surface area contributed by atoms with Crippen molar-refractivity contribution in [2.75, 3.05) is 0 Å². The molecule has 0 atom stereocenters. The van der Waals surface area contributed by atoms with Crippen molar-refractivity contribution in [2.24, 2.45) is 5.73 Å². The van der Waals surface area contributed by atoms with E-state index in [1.165, 1.54) is 0 Å². The molecule has 0 saturated heterocycles. The van der Waals surface area contributed by atoms with E-state index in [2.05, 4.69) is 20.9 Å². The zero-order valence-electron chi connectivity index (χ0n) is 10.2. The zero-order valence-corrected chi connectivity index (χ0v) is 12.6. The van der Waals surface area contributed by atoms with Crippen LogP contribution < -0.4 is 5.73 Å². The van der Waals surface area contributed by atoms with Crippen molar-refractivity contribution in [3.63, 3.8) is 0 Å². The maximum Gasteiger partial charge on any atom is 0.219 e. The summed E-state index contributed by atoms with van der Waals surface area (Å²) < 4.78 is 3.50. The van der Waals surface area contributed by atoms with Gasteiger partial charge in [-0.25, -0.2) is 0 Å². The Morgan fingerprint density at radius 3 is 2.83 bits per heavy atom. The van der Waals surface area contributed by atoms with E-state index in [4.69, 9.17) is 18.0 Å². The second-order valence-corrected chi connectivity index (χ2v) is 6.18. The maximum atomic E-state index is 11.2. The van der Waals surface area contributed by atoms with Gasteiger partial charge in [-0.3, -0.25) is 4.79 Å². The van der Waals surface area contributed by atoms with E-state index in [-0.39, 0.29) is 12.3 Å². The van der Waals surface area contributed by atoms with Gasteiger partial charge in [0.25, 0.3) is 0 Å². The molecule has 0 fully saturated rings. The molecule has 1 aromatic carbocycles. The molecule has 4 nitrogen and oxygen atoms in total. The van der Waals surface area contributed by atoms with Gasteiger partial charge in [-0.1, -0.05) is 15.9 Å². The molecule has 18 heavy (non-hydrogen) atoms. The van der Waals surface area contributed by atoms with Crippen LogP contribution in [0.15, 0.2) is 22.7 Å². The lowest BCUT2D eigenvalue weighted by atomic mass is 10.00. The molecule has 0 aliphatic rings. The molecule has 0 aliphatic heterocycles. The molecule has 2 aromatic rings. The van der Waals surface area contributed by atoms with E-state index in [9.17, 15) is 4.79 Å². The number of halogens is 1. The number of carbonyl (C=O) groups excluding carboxylic acids is 1. The minimum atomic E-state index is -0.456. The number of hydrogen-bond donors (Lipinski definition) is 2. The molecule has 0 aliphatic carbocycles. The van der Waals surface area contributed by atoms with Crippen molar-refractivity contribution in [1.82, 2.24) is 9.55 Å². The van der Waals surface area contributed by atoms with Crippen LogP contribution >= 0.6 is 28.1 Å². The van der Waals surface area contributed by atoms with Gasteiger partial charge in [0, 0.05) is 10.9 Å². The van der Waals surface area contributed by atoms with Crippen LogP contribution in [0.3, 0.4) is 0 Å². The molecule has 0 spiro atoms. The van der Waals surface area contributed by atoms with Gasteiger partial charge in [0.15, 0.2) is 4.77 Å². The largest absolute Gasteiger partial charge is 0.370 e. The Morgan fingerprint density at radius 2 is 2.22 bits per heavy atom. The first-order valence-electron chi connectivity index (χ1n) is 5.50. The summed E-state index contributed by atoms with van der Waals surface area (Å²) in [7, 11) is 0. The quantitative estimate of drug-likeness (QED) is 0.851. The first kappa shape index (κ1) is 13.3. The SMILES string of the molecule is CC(C)(CC(N)=O)n1c(=S)[nH]c2ccc(Br)cc21. The van der Waals surface area contributed by atoms with E-state index >= 15 is 0 Å². The predicted molar refractivity (Wildman–Crippen MR) is 78.0 cm³/mol. The summed E-state index contributed by atoms with van der Waals surface area (Å²) in [5.41, 5.74) is 6.75. The van der Waals surface area contributed by atoms with E-state index < -0.39 is 5.54 Å². The van der Waals surface area contributed by atoms with Crippen LogP contribution in [0, 0.1) is 4.77 Å². The lowest BCUT2D eigenvalue weighted by molar-refractivity contribution is -0.119. The number of nitrogens with zero attached hydrogens (tertiary/aromatic N) is 1. The monoisotopic (exact) mass is 327 g/mol. The highest BCUT2D eigenvalue weighted by Gasteiger charge is 2.25.